The van der Waals surface area contributed by atoms with Gasteiger partial charge in [-0.05, 0) is 50.5 Å². The first-order valence-electron chi connectivity index (χ1n) is 8.35. The van der Waals surface area contributed by atoms with Crippen LogP contribution in [0.15, 0.2) is 42.5 Å². The van der Waals surface area contributed by atoms with Gasteiger partial charge in [0.25, 0.3) is 5.91 Å². The number of hydrogen-bond donors (Lipinski definition) is 1. The second kappa shape index (κ2) is 7.49. The molecule has 3 rings (SSSR count). The van der Waals surface area contributed by atoms with E-state index in [4.69, 9.17) is 9.47 Å². The summed E-state index contributed by atoms with van der Waals surface area (Å²) in [5, 5.41) is 2.97. The first-order valence-corrected chi connectivity index (χ1v) is 8.35. The fourth-order valence-corrected chi connectivity index (χ4v) is 2.88. The molecule has 0 bridgehead atoms. The van der Waals surface area contributed by atoms with Crippen LogP contribution in [-0.2, 0) is 4.74 Å². The number of benzene rings is 2. The van der Waals surface area contributed by atoms with Gasteiger partial charge in [-0.2, -0.15) is 0 Å². The minimum Gasteiger partial charge on any atom is -0.490 e. The molecule has 4 heteroatoms. The molecule has 24 heavy (non-hydrogen) atoms. The van der Waals surface area contributed by atoms with E-state index in [1.165, 1.54) is 5.56 Å². The third kappa shape index (κ3) is 3.95. The Hall–Kier alpha value is -2.33. The molecule has 1 fully saturated rings. The van der Waals surface area contributed by atoms with Crippen LogP contribution in [0, 0.1) is 13.8 Å². The average molecular weight is 325 g/mol. The quantitative estimate of drug-likeness (QED) is 0.900. The van der Waals surface area contributed by atoms with Crippen LogP contribution < -0.4 is 10.1 Å². The van der Waals surface area contributed by atoms with Gasteiger partial charge in [-0.1, -0.05) is 29.8 Å². The molecule has 4 nitrogen and oxygen atoms in total. The Labute approximate surface area is 142 Å². The maximum absolute atomic E-state index is 12.6. The van der Waals surface area contributed by atoms with Crippen molar-refractivity contribution in [2.24, 2.45) is 0 Å². The summed E-state index contributed by atoms with van der Waals surface area (Å²) in [5.41, 5.74) is 3.57. The lowest BCUT2D eigenvalue weighted by molar-refractivity contribution is 0.0673. The molecule has 2 aromatic rings. The number of anilines is 1. The van der Waals surface area contributed by atoms with Crippen LogP contribution in [0.3, 0.4) is 0 Å². The Morgan fingerprint density at radius 2 is 2.08 bits per heavy atom. The van der Waals surface area contributed by atoms with E-state index in [-0.39, 0.29) is 12.0 Å². The van der Waals surface area contributed by atoms with Gasteiger partial charge < -0.3 is 14.8 Å². The van der Waals surface area contributed by atoms with Gasteiger partial charge in [-0.25, -0.2) is 0 Å². The topological polar surface area (TPSA) is 47.6 Å². The van der Waals surface area contributed by atoms with Gasteiger partial charge in [0.05, 0.1) is 11.7 Å². The number of hydrogen-bond acceptors (Lipinski definition) is 3. The first-order chi connectivity index (χ1) is 11.6. The Balaban J connectivity index is 1.72. The first kappa shape index (κ1) is 16.5. The minimum atomic E-state index is -0.162. The molecule has 1 N–H and O–H groups in total. The monoisotopic (exact) mass is 325 g/mol. The number of rotatable bonds is 5. The molecule has 0 spiro atoms. The Kier molecular flexibility index (Phi) is 5.16. The maximum atomic E-state index is 12.6. The van der Waals surface area contributed by atoms with E-state index < -0.39 is 0 Å². The highest BCUT2D eigenvalue weighted by molar-refractivity contribution is 6.06. The highest BCUT2D eigenvalue weighted by Crippen LogP contribution is 2.23. The van der Waals surface area contributed by atoms with E-state index in [1.54, 1.807) is 6.07 Å². The Morgan fingerprint density at radius 3 is 2.83 bits per heavy atom. The molecule has 1 unspecified atom stereocenters. The fourth-order valence-electron chi connectivity index (χ4n) is 2.88. The fraction of sp³-hybridized carbons (Fsp3) is 0.350. The van der Waals surface area contributed by atoms with Gasteiger partial charge in [0, 0.05) is 12.3 Å². The van der Waals surface area contributed by atoms with E-state index in [0.717, 1.165) is 30.7 Å². The number of aryl methyl sites for hydroxylation is 2. The summed E-state index contributed by atoms with van der Waals surface area (Å²) in [7, 11) is 0. The molecule has 1 aliphatic heterocycles. The number of carbonyl (C=O) groups excluding carboxylic acids is 1. The molecule has 2 aromatic carbocycles. The van der Waals surface area contributed by atoms with Gasteiger partial charge in [0.1, 0.15) is 12.4 Å². The van der Waals surface area contributed by atoms with Crippen LogP contribution in [0.5, 0.6) is 5.75 Å². The lowest BCUT2D eigenvalue weighted by atomic mass is 10.1. The molecule has 1 heterocycles. The van der Waals surface area contributed by atoms with Crippen molar-refractivity contribution in [1.29, 1.82) is 0 Å². The van der Waals surface area contributed by atoms with E-state index in [9.17, 15) is 4.79 Å². The van der Waals surface area contributed by atoms with Crippen molar-refractivity contribution in [3.05, 3.63) is 59.2 Å². The number of carbonyl (C=O) groups is 1. The van der Waals surface area contributed by atoms with E-state index in [1.807, 2.05) is 44.2 Å². The molecule has 1 saturated heterocycles. The van der Waals surface area contributed by atoms with Crippen molar-refractivity contribution in [3.8, 4) is 5.75 Å². The lowest BCUT2D eigenvalue weighted by Crippen LogP contribution is -2.19. The van der Waals surface area contributed by atoms with Crippen molar-refractivity contribution in [2.45, 2.75) is 32.8 Å². The smallest absolute Gasteiger partial charge is 0.259 e. The summed E-state index contributed by atoms with van der Waals surface area (Å²) in [6.07, 6.45) is 2.21. The highest BCUT2D eigenvalue weighted by Gasteiger charge is 2.18. The molecular weight excluding hydrogens is 302 g/mol. The van der Waals surface area contributed by atoms with Crippen molar-refractivity contribution in [2.75, 3.05) is 18.5 Å². The predicted molar refractivity (Wildman–Crippen MR) is 94.8 cm³/mol. The zero-order valence-corrected chi connectivity index (χ0v) is 14.2. The molecule has 126 valence electrons. The molecule has 1 amide bonds. The number of ether oxygens (including phenoxy) is 2. The van der Waals surface area contributed by atoms with E-state index in [2.05, 4.69) is 11.4 Å². The zero-order valence-electron chi connectivity index (χ0n) is 14.2. The average Bonchev–Trinajstić information content (AvgIpc) is 3.09. The second-order valence-corrected chi connectivity index (χ2v) is 6.21. The van der Waals surface area contributed by atoms with Crippen molar-refractivity contribution < 1.29 is 14.3 Å². The summed E-state index contributed by atoms with van der Waals surface area (Å²) in [5.74, 6) is 0.431. The van der Waals surface area contributed by atoms with Crippen LogP contribution in [0.1, 0.15) is 34.3 Å². The summed E-state index contributed by atoms with van der Waals surface area (Å²) >= 11 is 0. The molecule has 1 aliphatic rings. The number of para-hydroxylation sites is 1. The summed E-state index contributed by atoms with van der Waals surface area (Å²) in [6.45, 7) is 5.30. The largest absolute Gasteiger partial charge is 0.490 e. The van der Waals surface area contributed by atoms with E-state index >= 15 is 0 Å². The molecular formula is C20H23NO3. The lowest BCUT2D eigenvalue weighted by Gasteiger charge is -2.15. The highest BCUT2D eigenvalue weighted by atomic mass is 16.5. The third-order valence-electron chi connectivity index (χ3n) is 4.21. The summed E-state index contributed by atoms with van der Waals surface area (Å²) in [6, 6.07) is 13.3. The van der Waals surface area contributed by atoms with Crippen molar-refractivity contribution in [1.82, 2.24) is 0 Å². The standard InChI is InChI=1S/C20H23NO3/c1-14-9-10-18(15(2)12-14)21-20(22)17-7-3-4-8-19(17)24-13-16-6-5-11-23-16/h3-4,7-10,12,16H,5-6,11,13H2,1-2H3,(H,21,22). The summed E-state index contributed by atoms with van der Waals surface area (Å²) < 4.78 is 11.4. The van der Waals surface area contributed by atoms with Crippen LogP contribution in [0.2, 0.25) is 0 Å². The Bertz CT molecular complexity index is 721. The van der Waals surface area contributed by atoms with Crippen LogP contribution in [-0.4, -0.2) is 25.2 Å². The van der Waals surface area contributed by atoms with Crippen LogP contribution in [0.25, 0.3) is 0 Å². The van der Waals surface area contributed by atoms with Crippen LogP contribution >= 0.6 is 0 Å². The third-order valence-corrected chi connectivity index (χ3v) is 4.21. The molecule has 0 saturated carbocycles. The number of nitrogens with one attached hydrogen (secondary N) is 1. The van der Waals surface area contributed by atoms with Gasteiger partial charge >= 0.3 is 0 Å². The SMILES string of the molecule is Cc1ccc(NC(=O)c2ccccc2OCC2CCCO2)c(C)c1. The molecule has 0 aliphatic carbocycles. The van der Waals surface area contributed by atoms with Crippen molar-refractivity contribution >= 4 is 11.6 Å². The normalized spacial score (nSPS) is 16.8. The predicted octanol–water partition coefficient (Wildman–Crippen LogP) is 4.11. The zero-order chi connectivity index (χ0) is 16.9. The molecule has 1 atom stereocenters. The maximum Gasteiger partial charge on any atom is 0.259 e. The minimum absolute atomic E-state index is 0.125. The van der Waals surface area contributed by atoms with Gasteiger partial charge in [0.2, 0.25) is 0 Å². The molecule has 0 aromatic heterocycles. The van der Waals surface area contributed by atoms with Crippen LogP contribution in [0.4, 0.5) is 5.69 Å². The van der Waals surface area contributed by atoms with E-state index in [0.29, 0.717) is 17.9 Å². The van der Waals surface area contributed by atoms with Gasteiger partial charge in [-0.3, -0.25) is 4.79 Å². The summed E-state index contributed by atoms with van der Waals surface area (Å²) in [4.78, 5) is 12.6. The number of amides is 1. The van der Waals surface area contributed by atoms with Gasteiger partial charge in [0.15, 0.2) is 0 Å². The second-order valence-electron chi connectivity index (χ2n) is 6.21. The van der Waals surface area contributed by atoms with Gasteiger partial charge in [-0.15, -0.1) is 0 Å². The van der Waals surface area contributed by atoms with Crippen molar-refractivity contribution in [3.63, 3.8) is 0 Å². The molecule has 0 radical (unpaired) electrons. The Morgan fingerprint density at radius 1 is 1.25 bits per heavy atom.